The first-order valence-corrected chi connectivity index (χ1v) is 6.10. The summed E-state index contributed by atoms with van der Waals surface area (Å²) in [5.41, 5.74) is 6.79. The zero-order valence-electron chi connectivity index (χ0n) is 11.0. The van der Waals surface area contributed by atoms with E-state index in [1.165, 1.54) is 0 Å². The maximum Gasteiger partial charge on any atom is 0.351 e. The Kier molecular flexibility index (Phi) is 3.96. The number of ether oxygens (including phenoxy) is 1. The minimum absolute atomic E-state index is 0.0247. The highest BCUT2D eigenvalue weighted by Gasteiger charge is 2.16. The second kappa shape index (κ2) is 5.85. The highest BCUT2D eigenvalue weighted by Crippen LogP contribution is 2.17. The van der Waals surface area contributed by atoms with Gasteiger partial charge in [0.15, 0.2) is 5.57 Å². The molecule has 0 aliphatic heterocycles. The van der Waals surface area contributed by atoms with Crippen LogP contribution in [0, 0.1) is 11.3 Å². The molecule has 1 aromatic heterocycles. The predicted octanol–water partition coefficient (Wildman–Crippen LogP) is 1.99. The molecule has 0 atom stereocenters. The summed E-state index contributed by atoms with van der Waals surface area (Å²) in [6.45, 7) is 1.85. The molecule has 5 nitrogen and oxygen atoms in total. The van der Waals surface area contributed by atoms with Gasteiger partial charge in [-0.3, -0.25) is 0 Å². The summed E-state index contributed by atoms with van der Waals surface area (Å²) in [6, 6.07) is 12.8. The number of benzene rings is 1. The van der Waals surface area contributed by atoms with Gasteiger partial charge >= 0.3 is 5.97 Å². The average molecular weight is 267 g/mol. The lowest BCUT2D eigenvalue weighted by Crippen LogP contribution is -2.13. The molecular formula is C15H13N3O2. The summed E-state index contributed by atoms with van der Waals surface area (Å²) >= 11 is 0. The molecule has 1 heterocycles. The van der Waals surface area contributed by atoms with Gasteiger partial charge in [-0.15, -0.1) is 0 Å². The highest BCUT2D eigenvalue weighted by molar-refractivity contribution is 6.01. The number of esters is 1. The molecule has 0 spiro atoms. The number of rotatable bonds is 3. The molecular weight excluding hydrogens is 254 g/mol. The van der Waals surface area contributed by atoms with Crippen molar-refractivity contribution >= 4 is 22.6 Å². The van der Waals surface area contributed by atoms with E-state index in [-0.39, 0.29) is 17.9 Å². The molecule has 0 unspecified atom stereocenters. The van der Waals surface area contributed by atoms with Crippen LogP contribution in [0.25, 0.3) is 16.6 Å². The van der Waals surface area contributed by atoms with Crippen LogP contribution >= 0.6 is 0 Å². The second-order valence-electron chi connectivity index (χ2n) is 4.01. The molecule has 1 aromatic carbocycles. The van der Waals surface area contributed by atoms with Crippen LogP contribution in [0.4, 0.5) is 0 Å². The first-order valence-electron chi connectivity index (χ1n) is 6.10. The van der Waals surface area contributed by atoms with Crippen molar-refractivity contribution in [2.45, 2.75) is 6.92 Å². The van der Waals surface area contributed by atoms with E-state index < -0.39 is 5.97 Å². The molecule has 0 bridgehead atoms. The summed E-state index contributed by atoms with van der Waals surface area (Å²) in [7, 11) is 0. The zero-order valence-corrected chi connectivity index (χ0v) is 11.0. The number of hydrogen-bond donors (Lipinski definition) is 1. The van der Waals surface area contributed by atoms with Crippen LogP contribution in [0.1, 0.15) is 12.6 Å². The lowest BCUT2D eigenvalue weighted by molar-refractivity contribution is -0.137. The molecule has 2 rings (SSSR count). The standard InChI is InChI=1S/C15H13N3O2/c1-2-20-15(19)11(9-16)14(17)13-8-7-10-5-3-4-6-12(10)18-13/h3-8H,2,17H2,1H3/b14-11-. The van der Waals surface area contributed by atoms with Crippen molar-refractivity contribution in [3.05, 3.63) is 47.7 Å². The average Bonchev–Trinajstić information content (AvgIpc) is 2.47. The van der Waals surface area contributed by atoms with E-state index in [0.717, 1.165) is 10.9 Å². The largest absolute Gasteiger partial charge is 0.462 e. The summed E-state index contributed by atoms with van der Waals surface area (Å²) in [5, 5.41) is 10.0. The van der Waals surface area contributed by atoms with Gasteiger partial charge in [0.1, 0.15) is 6.07 Å². The number of aromatic nitrogens is 1. The number of carbonyl (C=O) groups is 1. The maximum atomic E-state index is 11.6. The molecule has 0 aliphatic carbocycles. The first kappa shape index (κ1) is 13.6. The number of nitrogens with zero attached hydrogens (tertiary/aromatic N) is 2. The normalized spacial score (nSPS) is 11.6. The number of nitrogens with two attached hydrogens (primary N) is 1. The Morgan fingerprint density at radius 1 is 1.35 bits per heavy atom. The maximum absolute atomic E-state index is 11.6. The number of pyridine rings is 1. The molecule has 20 heavy (non-hydrogen) atoms. The SMILES string of the molecule is CCOC(=O)/C(C#N)=C(\N)c1ccc2ccccc2n1. The molecule has 2 aromatic rings. The Morgan fingerprint density at radius 3 is 2.80 bits per heavy atom. The molecule has 0 amide bonds. The first-order chi connectivity index (χ1) is 9.67. The number of fused-ring (bicyclic) bond motifs is 1. The minimum atomic E-state index is -0.734. The second-order valence-corrected chi connectivity index (χ2v) is 4.01. The predicted molar refractivity (Wildman–Crippen MR) is 75.1 cm³/mol. The van der Waals surface area contributed by atoms with Gasteiger partial charge in [0.2, 0.25) is 0 Å². The van der Waals surface area contributed by atoms with Crippen LogP contribution in [0.2, 0.25) is 0 Å². The van der Waals surface area contributed by atoms with E-state index in [1.54, 1.807) is 19.1 Å². The quantitative estimate of drug-likeness (QED) is 0.522. The van der Waals surface area contributed by atoms with Gasteiger partial charge in [0, 0.05) is 5.39 Å². The third kappa shape index (κ3) is 2.59. The molecule has 0 aliphatic rings. The van der Waals surface area contributed by atoms with Gasteiger partial charge < -0.3 is 10.5 Å². The van der Waals surface area contributed by atoms with Crippen molar-refractivity contribution in [3.8, 4) is 6.07 Å². The van der Waals surface area contributed by atoms with Crippen LogP contribution in [-0.4, -0.2) is 17.6 Å². The molecule has 100 valence electrons. The number of para-hydroxylation sites is 1. The number of carbonyl (C=O) groups excluding carboxylic acids is 1. The Balaban J connectivity index is 2.51. The fourth-order valence-corrected chi connectivity index (χ4v) is 1.76. The van der Waals surface area contributed by atoms with E-state index in [4.69, 9.17) is 15.7 Å². The molecule has 5 heteroatoms. The van der Waals surface area contributed by atoms with E-state index in [1.807, 2.05) is 30.3 Å². The van der Waals surface area contributed by atoms with Crippen LogP contribution in [0.5, 0.6) is 0 Å². The summed E-state index contributed by atoms with van der Waals surface area (Å²) < 4.78 is 4.80. The summed E-state index contributed by atoms with van der Waals surface area (Å²) in [6.07, 6.45) is 0. The van der Waals surface area contributed by atoms with Crippen molar-refractivity contribution in [2.75, 3.05) is 6.61 Å². The van der Waals surface area contributed by atoms with Crippen molar-refractivity contribution in [1.82, 2.24) is 4.98 Å². The van der Waals surface area contributed by atoms with Gasteiger partial charge in [0.05, 0.1) is 23.5 Å². The third-order valence-electron chi connectivity index (χ3n) is 2.74. The van der Waals surface area contributed by atoms with Crippen LogP contribution in [0.15, 0.2) is 42.0 Å². The molecule has 0 saturated carbocycles. The number of hydrogen-bond acceptors (Lipinski definition) is 5. The van der Waals surface area contributed by atoms with Gasteiger partial charge in [-0.2, -0.15) is 5.26 Å². The van der Waals surface area contributed by atoms with Crippen molar-refractivity contribution in [1.29, 1.82) is 5.26 Å². The van der Waals surface area contributed by atoms with Crippen LogP contribution < -0.4 is 5.73 Å². The van der Waals surface area contributed by atoms with Crippen molar-refractivity contribution < 1.29 is 9.53 Å². The molecule has 2 N–H and O–H groups in total. The molecule has 0 fully saturated rings. The Hall–Kier alpha value is -2.87. The third-order valence-corrected chi connectivity index (χ3v) is 2.74. The van der Waals surface area contributed by atoms with E-state index in [2.05, 4.69) is 4.98 Å². The van der Waals surface area contributed by atoms with Crippen LogP contribution in [0.3, 0.4) is 0 Å². The van der Waals surface area contributed by atoms with Crippen LogP contribution in [-0.2, 0) is 9.53 Å². The van der Waals surface area contributed by atoms with Crippen molar-refractivity contribution in [3.63, 3.8) is 0 Å². The molecule has 0 saturated heterocycles. The molecule has 0 radical (unpaired) electrons. The number of nitriles is 1. The fraction of sp³-hybridized carbons (Fsp3) is 0.133. The zero-order chi connectivity index (χ0) is 14.5. The van der Waals surface area contributed by atoms with Gasteiger partial charge in [-0.25, -0.2) is 9.78 Å². The summed E-state index contributed by atoms with van der Waals surface area (Å²) in [4.78, 5) is 16.0. The monoisotopic (exact) mass is 267 g/mol. The van der Waals surface area contributed by atoms with E-state index in [9.17, 15) is 4.79 Å². The highest BCUT2D eigenvalue weighted by atomic mass is 16.5. The van der Waals surface area contributed by atoms with E-state index in [0.29, 0.717) is 5.69 Å². The smallest absolute Gasteiger partial charge is 0.351 e. The lowest BCUT2D eigenvalue weighted by Gasteiger charge is -2.06. The Morgan fingerprint density at radius 2 is 2.10 bits per heavy atom. The van der Waals surface area contributed by atoms with Gasteiger partial charge in [-0.1, -0.05) is 24.3 Å². The lowest BCUT2D eigenvalue weighted by atomic mass is 10.1. The Labute approximate surface area is 116 Å². The van der Waals surface area contributed by atoms with Crippen molar-refractivity contribution in [2.24, 2.45) is 5.73 Å². The topological polar surface area (TPSA) is 89.0 Å². The Bertz CT molecular complexity index is 729. The van der Waals surface area contributed by atoms with E-state index >= 15 is 0 Å². The van der Waals surface area contributed by atoms with Gasteiger partial charge in [-0.05, 0) is 19.1 Å². The minimum Gasteiger partial charge on any atom is -0.462 e. The summed E-state index contributed by atoms with van der Waals surface area (Å²) in [5.74, 6) is -0.734. The fourth-order valence-electron chi connectivity index (χ4n) is 1.76. The van der Waals surface area contributed by atoms with Gasteiger partial charge in [0.25, 0.3) is 0 Å².